The Kier molecular flexibility index (Phi) is 4.75. The van der Waals surface area contributed by atoms with Gasteiger partial charge in [-0.3, -0.25) is 14.5 Å². The van der Waals surface area contributed by atoms with Gasteiger partial charge in [0.2, 0.25) is 11.8 Å². The van der Waals surface area contributed by atoms with Crippen LogP contribution in [0.25, 0.3) is 0 Å². The Morgan fingerprint density at radius 1 is 1.26 bits per heavy atom. The summed E-state index contributed by atoms with van der Waals surface area (Å²) in [6, 6.07) is 3.56. The third-order valence-corrected chi connectivity index (χ3v) is 7.36. The zero-order valence-corrected chi connectivity index (χ0v) is 17.2. The molecule has 1 aliphatic carbocycles. The fraction of sp³-hybridized carbons (Fsp3) is 0.591. The van der Waals surface area contributed by atoms with E-state index in [9.17, 15) is 23.6 Å². The summed E-state index contributed by atoms with van der Waals surface area (Å²) in [7, 11) is 0. The van der Waals surface area contributed by atoms with Gasteiger partial charge in [0.05, 0.1) is 24.2 Å². The van der Waals surface area contributed by atoms with E-state index in [0.717, 1.165) is 18.9 Å². The summed E-state index contributed by atoms with van der Waals surface area (Å²) >= 11 is 0. The molecule has 1 saturated carbocycles. The van der Waals surface area contributed by atoms with Crippen molar-refractivity contribution in [3.63, 3.8) is 0 Å². The maximum Gasteiger partial charge on any atom is 0.242 e. The first-order valence-corrected chi connectivity index (χ1v) is 10.8. The smallest absolute Gasteiger partial charge is 0.242 e. The topological polar surface area (TPSA) is 93.7 Å². The molecule has 0 spiro atoms. The first-order chi connectivity index (χ1) is 14.8. The van der Waals surface area contributed by atoms with E-state index in [1.54, 1.807) is 16.7 Å². The number of halogens is 2. The summed E-state index contributed by atoms with van der Waals surface area (Å²) in [6.07, 6.45) is 2.27. The van der Waals surface area contributed by atoms with E-state index >= 15 is 0 Å². The molecule has 4 aliphatic rings. The normalized spacial score (nSPS) is 33.4. The molecule has 5 rings (SSSR count). The lowest BCUT2D eigenvalue weighted by Crippen LogP contribution is -2.57. The minimum atomic E-state index is -0.787. The van der Waals surface area contributed by atoms with Crippen LogP contribution < -0.4 is 5.73 Å². The van der Waals surface area contributed by atoms with Gasteiger partial charge in [-0.25, -0.2) is 8.78 Å². The largest absolute Gasteiger partial charge is 0.330 e. The molecular weight excluding hydrogens is 404 g/mol. The summed E-state index contributed by atoms with van der Waals surface area (Å²) in [4.78, 5) is 31.2. The number of fused-ring (bicyclic) bond motifs is 3. The number of rotatable bonds is 5. The van der Waals surface area contributed by atoms with Crippen molar-refractivity contribution in [1.82, 2.24) is 14.7 Å². The van der Waals surface area contributed by atoms with Gasteiger partial charge in [0.15, 0.2) is 0 Å². The van der Waals surface area contributed by atoms with E-state index in [4.69, 9.17) is 5.73 Å². The lowest BCUT2D eigenvalue weighted by molar-refractivity contribution is -0.141. The summed E-state index contributed by atoms with van der Waals surface area (Å²) < 4.78 is 27.3. The Balaban J connectivity index is 1.24. The van der Waals surface area contributed by atoms with Crippen LogP contribution in [0.2, 0.25) is 0 Å². The Morgan fingerprint density at radius 2 is 1.97 bits per heavy atom. The standard InChI is InChI=1S/C22H25F2N5O2/c1-11(12-2-14(23)6-15(24)3-12)28-17-7-20(22(28)31)27(9-17)10-18(26)21(30)29-16(8-25)4-13-5-19(13)29/h2-3,6,11,13,16-20H,4-5,7,9-10,26H2,1H3/t11-,13+,16-,17-,18-,19-,20+/m0/s1. The van der Waals surface area contributed by atoms with Crippen molar-refractivity contribution >= 4 is 11.8 Å². The molecule has 7 atom stereocenters. The number of benzene rings is 1. The molecule has 4 fully saturated rings. The van der Waals surface area contributed by atoms with Gasteiger partial charge in [-0.1, -0.05) is 0 Å². The van der Waals surface area contributed by atoms with E-state index in [-0.39, 0.29) is 36.5 Å². The highest BCUT2D eigenvalue weighted by Crippen LogP contribution is 2.48. The number of carbonyl (C=O) groups excluding carboxylic acids is 2. The molecule has 3 saturated heterocycles. The summed E-state index contributed by atoms with van der Waals surface area (Å²) in [5, 5.41) is 9.33. The molecule has 2 N–H and O–H groups in total. The second-order valence-corrected chi connectivity index (χ2v) is 9.28. The SMILES string of the molecule is C[C@@H](c1cc(F)cc(F)c1)N1C(=O)[C@H]2C[C@H]1CN2C[C@H](N)C(=O)N1[C@H](C#N)C[C@@H]2C[C@@H]21. The second-order valence-electron chi connectivity index (χ2n) is 9.28. The van der Waals surface area contributed by atoms with Crippen molar-refractivity contribution in [1.29, 1.82) is 5.26 Å². The molecule has 1 aromatic rings. The van der Waals surface area contributed by atoms with E-state index in [1.807, 2.05) is 4.90 Å². The van der Waals surface area contributed by atoms with Crippen molar-refractivity contribution in [2.75, 3.05) is 13.1 Å². The summed E-state index contributed by atoms with van der Waals surface area (Å²) in [6.45, 7) is 2.59. The van der Waals surface area contributed by atoms with Crippen molar-refractivity contribution in [3.05, 3.63) is 35.4 Å². The number of hydrogen-bond acceptors (Lipinski definition) is 5. The van der Waals surface area contributed by atoms with Gasteiger partial charge >= 0.3 is 0 Å². The molecular formula is C22H25F2N5O2. The highest BCUT2D eigenvalue weighted by Gasteiger charge is 2.56. The predicted molar refractivity (Wildman–Crippen MR) is 106 cm³/mol. The predicted octanol–water partition coefficient (Wildman–Crippen LogP) is 1.15. The van der Waals surface area contributed by atoms with E-state index in [2.05, 4.69) is 6.07 Å². The zero-order chi connectivity index (χ0) is 22.0. The van der Waals surface area contributed by atoms with Gasteiger partial charge in [-0.15, -0.1) is 0 Å². The number of hydrogen-bond donors (Lipinski definition) is 1. The average Bonchev–Trinajstić information content (AvgIpc) is 3.05. The van der Waals surface area contributed by atoms with Crippen LogP contribution in [-0.4, -0.2) is 69.8 Å². The fourth-order valence-corrected chi connectivity index (χ4v) is 5.79. The van der Waals surface area contributed by atoms with Crippen LogP contribution in [0, 0.1) is 28.9 Å². The number of nitriles is 1. The number of piperazine rings is 1. The van der Waals surface area contributed by atoms with Crippen molar-refractivity contribution < 1.29 is 18.4 Å². The maximum absolute atomic E-state index is 13.6. The van der Waals surface area contributed by atoms with Crippen LogP contribution in [0.3, 0.4) is 0 Å². The monoisotopic (exact) mass is 429 g/mol. The van der Waals surface area contributed by atoms with Crippen LogP contribution in [-0.2, 0) is 9.59 Å². The average molecular weight is 429 g/mol. The quantitative estimate of drug-likeness (QED) is 0.758. The number of nitrogens with zero attached hydrogens (tertiary/aromatic N) is 4. The number of likely N-dealkylation sites (tertiary alicyclic amines) is 3. The molecule has 3 heterocycles. The Labute approximate surface area is 179 Å². The van der Waals surface area contributed by atoms with Gasteiger partial charge < -0.3 is 15.5 Å². The lowest BCUT2D eigenvalue weighted by atomic mass is 10.0. The minimum absolute atomic E-state index is 0.0902. The van der Waals surface area contributed by atoms with Gasteiger partial charge in [-0.05, 0) is 49.8 Å². The van der Waals surface area contributed by atoms with Gasteiger partial charge in [0.1, 0.15) is 17.7 Å². The van der Waals surface area contributed by atoms with Crippen LogP contribution >= 0.6 is 0 Å². The van der Waals surface area contributed by atoms with Gasteiger partial charge in [-0.2, -0.15) is 5.26 Å². The second kappa shape index (κ2) is 7.24. The highest BCUT2D eigenvalue weighted by molar-refractivity contribution is 5.87. The van der Waals surface area contributed by atoms with E-state index in [1.165, 1.54) is 12.1 Å². The third-order valence-electron chi connectivity index (χ3n) is 7.36. The first-order valence-electron chi connectivity index (χ1n) is 10.8. The Hall–Kier alpha value is -2.57. The summed E-state index contributed by atoms with van der Waals surface area (Å²) in [5.74, 6) is -1.23. The number of carbonyl (C=O) groups is 2. The van der Waals surface area contributed by atoms with Crippen molar-refractivity contribution in [2.45, 2.75) is 62.4 Å². The number of piperidine rings is 1. The molecule has 0 radical (unpaired) electrons. The highest BCUT2D eigenvalue weighted by atomic mass is 19.1. The molecule has 31 heavy (non-hydrogen) atoms. The molecule has 1 aromatic carbocycles. The molecule has 9 heteroatoms. The molecule has 0 unspecified atom stereocenters. The van der Waals surface area contributed by atoms with E-state index in [0.29, 0.717) is 24.4 Å². The van der Waals surface area contributed by atoms with Crippen LogP contribution in [0.1, 0.15) is 37.8 Å². The zero-order valence-electron chi connectivity index (χ0n) is 17.2. The van der Waals surface area contributed by atoms with Crippen molar-refractivity contribution in [3.8, 4) is 6.07 Å². The van der Waals surface area contributed by atoms with Gasteiger partial charge in [0, 0.05) is 31.2 Å². The van der Waals surface area contributed by atoms with Crippen LogP contribution in [0.15, 0.2) is 18.2 Å². The Bertz CT molecular complexity index is 961. The lowest BCUT2D eigenvalue weighted by Gasteiger charge is -2.38. The minimum Gasteiger partial charge on any atom is -0.330 e. The van der Waals surface area contributed by atoms with E-state index < -0.39 is 29.8 Å². The van der Waals surface area contributed by atoms with Gasteiger partial charge in [0.25, 0.3) is 0 Å². The molecule has 3 aliphatic heterocycles. The van der Waals surface area contributed by atoms with Crippen LogP contribution in [0.5, 0.6) is 0 Å². The number of amides is 2. The fourth-order valence-electron chi connectivity index (χ4n) is 5.79. The molecule has 0 aromatic heterocycles. The molecule has 2 bridgehead atoms. The molecule has 7 nitrogen and oxygen atoms in total. The third kappa shape index (κ3) is 3.29. The Morgan fingerprint density at radius 3 is 2.61 bits per heavy atom. The van der Waals surface area contributed by atoms with Crippen molar-refractivity contribution in [2.24, 2.45) is 11.7 Å². The maximum atomic E-state index is 13.6. The summed E-state index contributed by atoms with van der Waals surface area (Å²) in [5.41, 5.74) is 6.64. The van der Waals surface area contributed by atoms with Crippen LogP contribution in [0.4, 0.5) is 8.78 Å². The number of nitrogens with two attached hydrogens (primary N) is 1. The molecule has 2 amide bonds. The molecule has 164 valence electrons. The first kappa shape index (κ1) is 20.3.